The lowest BCUT2D eigenvalue weighted by Crippen LogP contribution is -2.40. The molecule has 126 valence electrons. The van der Waals surface area contributed by atoms with Gasteiger partial charge < -0.3 is 14.4 Å². The van der Waals surface area contributed by atoms with Crippen LogP contribution in [0, 0.1) is 11.8 Å². The number of benzene rings is 1. The van der Waals surface area contributed by atoms with Crippen LogP contribution in [-0.2, 0) is 19.1 Å². The molecule has 4 atom stereocenters. The Hall–Kier alpha value is -1.85. The molecule has 2 bridgehead atoms. The Kier molecular flexibility index (Phi) is 3.48. The Morgan fingerprint density at radius 3 is 2.88 bits per heavy atom. The monoisotopic (exact) mass is 347 g/mol. The van der Waals surface area contributed by atoms with Gasteiger partial charge in [-0.15, -0.1) is 0 Å². The van der Waals surface area contributed by atoms with Crippen LogP contribution in [0.5, 0.6) is 0 Å². The molecule has 0 N–H and O–H groups in total. The van der Waals surface area contributed by atoms with E-state index in [9.17, 15) is 9.59 Å². The zero-order valence-corrected chi connectivity index (χ0v) is 14.2. The van der Waals surface area contributed by atoms with Crippen molar-refractivity contribution in [3.8, 4) is 0 Å². The van der Waals surface area contributed by atoms with Crippen molar-refractivity contribution in [2.24, 2.45) is 11.8 Å². The van der Waals surface area contributed by atoms with Crippen LogP contribution in [0.2, 0.25) is 5.02 Å². The van der Waals surface area contributed by atoms with Crippen LogP contribution in [0.25, 0.3) is 0 Å². The second-order valence-corrected chi connectivity index (χ2v) is 7.17. The number of esters is 1. The third-order valence-electron chi connectivity index (χ3n) is 4.87. The SMILES string of the molecule is CC(C)OC(=O)C1C2C=CC3(CN(c4ccccc4Cl)C(=O)C13)O2. The van der Waals surface area contributed by atoms with E-state index in [4.69, 9.17) is 21.1 Å². The maximum Gasteiger partial charge on any atom is 0.313 e. The number of ether oxygens (including phenoxy) is 2. The molecule has 2 fully saturated rings. The number of carbonyl (C=O) groups excluding carboxylic acids is 2. The first kappa shape index (κ1) is 15.7. The first-order valence-corrected chi connectivity index (χ1v) is 8.44. The lowest BCUT2D eigenvalue weighted by molar-refractivity contribution is -0.156. The highest BCUT2D eigenvalue weighted by Gasteiger charge is 2.67. The summed E-state index contributed by atoms with van der Waals surface area (Å²) in [6.45, 7) is 3.95. The van der Waals surface area contributed by atoms with E-state index in [1.165, 1.54) is 0 Å². The van der Waals surface area contributed by atoms with Gasteiger partial charge in [0.2, 0.25) is 5.91 Å². The Bertz CT molecular complexity index is 746. The van der Waals surface area contributed by atoms with Gasteiger partial charge >= 0.3 is 5.97 Å². The van der Waals surface area contributed by atoms with Gasteiger partial charge in [-0.1, -0.05) is 35.9 Å². The Labute approximate surface area is 145 Å². The summed E-state index contributed by atoms with van der Waals surface area (Å²) in [7, 11) is 0. The lowest BCUT2D eigenvalue weighted by atomic mass is 9.77. The highest BCUT2D eigenvalue weighted by molar-refractivity contribution is 6.34. The van der Waals surface area contributed by atoms with E-state index in [-0.39, 0.29) is 18.0 Å². The van der Waals surface area contributed by atoms with Crippen LogP contribution >= 0.6 is 11.6 Å². The predicted octanol–water partition coefficient (Wildman–Crippen LogP) is 2.58. The van der Waals surface area contributed by atoms with Crippen LogP contribution in [0.15, 0.2) is 36.4 Å². The molecule has 4 rings (SSSR count). The van der Waals surface area contributed by atoms with Gasteiger partial charge in [-0.2, -0.15) is 0 Å². The van der Waals surface area contributed by atoms with Crippen molar-refractivity contribution in [1.29, 1.82) is 0 Å². The average Bonchev–Trinajstić information content (AvgIpc) is 3.15. The summed E-state index contributed by atoms with van der Waals surface area (Å²) >= 11 is 6.25. The third kappa shape index (κ3) is 2.11. The number of amides is 1. The number of fused-ring (bicyclic) bond motifs is 1. The van der Waals surface area contributed by atoms with Gasteiger partial charge in [0.25, 0.3) is 0 Å². The van der Waals surface area contributed by atoms with Gasteiger partial charge in [0.05, 0.1) is 35.4 Å². The summed E-state index contributed by atoms with van der Waals surface area (Å²) < 4.78 is 11.4. The van der Waals surface area contributed by atoms with Crippen molar-refractivity contribution in [2.45, 2.75) is 31.7 Å². The summed E-state index contributed by atoms with van der Waals surface area (Å²) in [5.74, 6) is -1.67. The van der Waals surface area contributed by atoms with Crippen LogP contribution in [-0.4, -0.2) is 36.2 Å². The summed E-state index contributed by atoms with van der Waals surface area (Å²) in [5.41, 5.74) is -0.119. The largest absolute Gasteiger partial charge is 0.463 e. The molecule has 1 spiro atoms. The molecule has 3 heterocycles. The maximum atomic E-state index is 13.1. The molecule has 1 aromatic rings. The molecule has 5 nitrogen and oxygen atoms in total. The van der Waals surface area contributed by atoms with E-state index >= 15 is 0 Å². The van der Waals surface area contributed by atoms with Crippen molar-refractivity contribution < 1.29 is 19.1 Å². The minimum atomic E-state index is -0.762. The van der Waals surface area contributed by atoms with Crippen LogP contribution in [0.4, 0.5) is 5.69 Å². The molecular formula is C18H18ClNO4. The van der Waals surface area contributed by atoms with Gasteiger partial charge in [0.1, 0.15) is 11.5 Å². The zero-order chi connectivity index (χ0) is 17.1. The number of hydrogen-bond donors (Lipinski definition) is 0. The van der Waals surface area contributed by atoms with Crippen molar-refractivity contribution in [1.82, 2.24) is 0 Å². The molecule has 6 heteroatoms. The van der Waals surface area contributed by atoms with E-state index < -0.39 is 23.5 Å². The summed E-state index contributed by atoms with van der Waals surface area (Å²) in [4.78, 5) is 27.2. The number of halogens is 1. The third-order valence-corrected chi connectivity index (χ3v) is 5.19. The first-order chi connectivity index (χ1) is 11.4. The minimum absolute atomic E-state index is 0.138. The van der Waals surface area contributed by atoms with Gasteiger partial charge in [0.15, 0.2) is 0 Å². The van der Waals surface area contributed by atoms with Crippen LogP contribution in [0.1, 0.15) is 13.8 Å². The van der Waals surface area contributed by atoms with Gasteiger partial charge in [-0.3, -0.25) is 9.59 Å². The molecule has 0 aromatic heterocycles. The maximum absolute atomic E-state index is 13.1. The number of nitrogens with zero attached hydrogens (tertiary/aromatic N) is 1. The number of anilines is 1. The second-order valence-electron chi connectivity index (χ2n) is 6.76. The summed E-state index contributed by atoms with van der Waals surface area (Å²) in [5, 5.41) is 0.502. The molecular weight excluding hydrogens is 330 g/mol. The number of para-hydroxylation sites is 1. The van der Waals surface area contributed by atoms with E-state index in [0.717, 1.165) is 0 Å². The normalized spacial score (nSPS) is 33.4. The topological polar surface area (TPSA) is 55.8 Å². The van der Waals surface area contributed by atoms with E-state index in [0.29, 0.717) is 17.3 Å². The molecule has 0 aliphatic carbocycles. The van der Waals surface area contributed by atoms with Gasteiger partial charge in [-0.05, 0) is 26.0 Å². The van der Waals surface area contributed by atoms with Crippen LogP contribution < -0.4 is 4.90 Å². The van der Waals surface area contributed by atoms with Crippen molar-refractivity contribution in [2.75, 3.05) is 11.4 Å². The smallest absolute Gasteiger partial charge is 0.313 e. The number of rotatable bonds is 3. The molecule has 2 saturated heterocycles. The standard InChI is InChI=1S/C18H18ClNO4/c1-10(2)23-17(22)14-13-7-8-18(24-13)9-20(16(21)15(14)18)12-6-4-3-5-11(12)19/h3-8,10,13-15H,9H2,1-2H3. The predicted molar refractivity (Wildman–Crippen MR) is 88.8 cm³/mol. The molecule has 3 aliphatic heterocycles. The number of carbonyl (C=O) groups is 2. The first-order valence-electron chi connectivity index (χ1n) is 8.06. The molecule has 1 amide bonds. The van der Waals surface area contributed by atoms with E-state index in [2.05, 4.69) is 0 Å². The molecule has 24 heavy (non-hydrogen) atoms. The molecule has 3 aliphatic rings. The summed E-state index contributed by atoms with van der Waals surface area (Å²) in [6, 6.07) is 7.19. The van der Waals surface area contributed by atoms with Gasteiger partial charge in [-0.25, -0.2) is 0 Å². The number of hydrogen-bond acceptors (Lipinski definition) is 4. The molecule has 1 aromatic carbocycles. The fourth-order valence-electron chi connectivity index (χ4n) is 3.95. The molecule has 4 unspecified atom stereocenters. The highest BCUT2D eigenvalue weighted by Crippen LogP contribution is 2.53. The zero-order valence-electron chi connectivity index (χ0n) is 13.4. The van der Waals surface area contributed by atoms with Gasteiger partial charge in [0, 0.05) is 0 Å². The van der Waals surface area contributed by atoms with E-state index in [1.807, 2.05) is 24.3 Å². The fourth-order valence-corrected chi connectivity index (χ4v) is 4.19. The van der Waals surface area contributed by atoms with Crippen molar-refractivity contribution in [3.63, 3.8) is 0 Å². The quantitative estimate of drug-likeness (QED) is 0.623. The lowest BCUT2D eigenvalue weighted by Gasteiger charge is -2.23. The van der Waals surface area contributed by atoms with Crippen LogP contribution in [0.3, 0.4) is 0 Å². The Morgan fingerprint density at radius 2 is 2.17 bits per heavy atom. The molecule has 0 saturated carbocycles. The van der Waals surface area contributed by atoms with Crippen molar-refractivity contribution in [3.05, 3.63) is 41.4 Å². The summed E-state index contributed by atoms with van der Waals surface area (Å²) in [6.07, 6.45) is 3.16. The van der Waals surface area contributed by atoms with Crippen molar-refractivity contribution >= 4 is 29.2 Å². The Morgan fingerprint density at radius 1 is 1.42 bits per heavy atom. The fraction of sp³-hybridized carbons (Fsp3) is 0.444. The van der Waals surface area contributed by atoms with E-state index in [1.54, 1.807) is 30.9 Å². The second kappa shape index (κ2) is 5.33. The Balaban J connectivity index is 1.69. The average molecular weight is 348 g/mol. The highest BCUT2D eigenvalue weighted by atomic mass is 35.5. The minimum Gasteiger partial charge on any atom is -0.463 e. The molecule has 0 radical (unpaired) electrons.